The summed E-state index contributed by atoms with van der Waals surface area (Å²) in [6.07, 6.45) is 20.5. The van der Waals surface area contributed by atoms with Crippen LogP contribution in [0.1, 0.15) is 123 Å². The van der Waals surface area contributed by atoms with Crippen molar-refractivity contribution >= 4 is 29.5 Å². The minimum atomic E-state index is -0.941. The van der Waals surface area contributed by atoms with Crippen molar-refractivity contribution in [2.45, 2.75) is 128 Å². The van der Waals surface area contributed by atoms with Crippen molar-refractivity contribution in [2.75, 3.05) is 19.8 Å². The second-order valence-electron chi connectivity index (χ2n) is 9.90. The zero-order chi connectivity index (χ0) is 25.7. The van der Waals surface area contributed by atoms with Crippen LogP contribution in [0.15, 0.2) is 0 Å². The van der Waals surface area contributed by atoms with Gasteiger partial charge < -0.3 is 15.7 Å². The maximum atomic E-state index is 12.7. The van der Waals surface area contributed by atoms with Gasteiger partial charge in [0.05, 0.1) is 6.42 Å². The second kappa shape index (κ2) is 21.1. The molecule has 0 rings (SSSR count). The van der Waals surface area contributed by atoms with Crippen molar-refractivity contribution in [1.29, 1.82) is 0 Å². The van der Waals surface area contributed by atoms with Gasteiger partial charge in [-0.2, -0.15) is 11.8 Å². The molecule has 0 fully saturated rings. The van der Waals surface area contributed by atoms with Gasteiger partial charge in [-0.1, -0.05) is 96.8 Å². The summed E-state index contributed by atoms with van der Waals surface area (Å²) < 4.78 is -0.418. The van der Waals surface area contributed by atoms with Gasteiger partial charge in [0.1, 0.15) is 0 Å². The van der Waals surface area contributed by atoms with Gasteiger partial charge in [-0.25, -0.2) is 0 Å². The predicted molar refractivity (Wildman–Crippen MR) is 144 cm³/mol. The summed E-state index contributed by atoms with van der Waals surface area (Å²) in [7, 11) is 1.60. The summed E-state index contributed by atoms with van der Waals surface area (Å²) >= 11 is 1.53. The second-order valence-corrected chi connectivity index (χ2v) is 11.3. The summed E-state index contributed by atoms with van der Waals surface area (Å²) in [5.74, 6) is -1.74. The smallest absolute Gasteiger partial charge is 0.304 e. The molecule has 6 nitrogen and oxygen atoms in total. The van der Waals surface area contributed by atoms with E-state index in [9.17, 15) is 19.5 Å². The van der Waals surface area contributed by atoms with Crippen LogP contribution < -0.4 is 10.6 Å². The summed E-state index contributed by atoms with van der Waals surface area (Å²) in [5.41, 5.74) is 0. The molecular weight excluding hydrogens is 448 g/mol. The van der Waals surface area contributed by atoms with Crippen LogP contribution in [0, 0.1) is 5.92 Å². The molecule has 0 aromatic carbocycles. The Labute approximate surface area is 213 Å². The average molecular weight is 501 g/mol. The average Bonchev–Trinajstić information content (AvgIpc) is 2.81. The molecule has 2 atom stereocenters. The van der Waals surface area contributed by atoms with Gasteiger partial charge in [-0.3, -0.25) is 14.4 Å². The van der Waals surface area contributed by atoms with Crippen LogP contribution in [0.5, 0.6) is 0 Å². The fourth-order valence-corrected chi connectivity index (χ4v) is 4.67. The highest BCUT2D eigenvalue weighted by Crippen LogP contribution is 2.26. The molecule has 200 valence electrons. The monoisotopic (exact) mass is 500 g/mol. The molecule has 0 aliphatic heterocycles. The first-order valence-electron chi connectivity index (χ1n) is 13.5. The van der Waals surface area contributed by atoms with E-state index in [1.54, 1.807) is 7.05 Å². The molecule has 0 aromatic heterocycles. The van der Waals surface area contributed by atoms with Crippen molar-refractivity contribution in [3.8, 4) is 0 Å². The minimum absolute atomic E-state index is 0.0735. The Balaban J connectivity index is 4.06. The molecule has 0 bridgehead atoms. The maximum absolute atomic E-state index is 12.7. The van der Waals surface area contributed by atoms with Gasteiger partial charge >= 0.3 is 5.97 Å². The number of hydrogen-bond acceptors (Lipinski definition) is 4. The largest absolute Gasteiger partial charge is 0.481 e. The standard InChI is InChI=1S/C27H52N2O4S/c1-5-6-7-8-9-10-11-12-13-14-15-16-17-18-19-23(20-25(31)32)26(33)29-22-27(2,34-4)21-24(30)28-3/h23H,5-22H2,1-4H3,(H,28,30)(H,29,33)(H,31,32). The van der Waals surface area contributed by atoms with Crippen molar-refractivity contribution in [3.63, 3.8) is 0 Å². The van der Waals surface area contributed by atoms with Gasteiger partial charge in [0, 0.05) is 30.7 Å². The molecule has 0 saturated heterocycles. The summed E-state index contributed by atoms with van der Waals surface area (Å²) in [6.45, 7) is 4.54. The van der Waals surface area contributed by atoms with Crippen LogP contribution in [0.4, 0.5) is 0 Å². The number of amides is 2. The maximum Gasteiger partial charge on any atom is 0.304 e. The zero-order valence-electron chi connectivity index (χ0n) is 22.4. The Hall–Kier alpha value is -1.24. The Morgan fingerprint density at radius 3 is 1.74 bits per heavy atom. The van der Waals surface area contributed by atoms with Crippen LogP contribution in [-0.4, -0.2) is 47.5 Å². The third-order valence-electron chi connectivity index (χ3n) is 6.64. The summed E-state index contributed by atoms with van der Waals surface area (Å²) in [5, 5.41) is 14.8. The van der Waals surface area contributed by atoms with Crippen LogP contribution in [0.25, 0.3) is 0 Å². The van der Waals surface area contributed by atoms with E-state index in [0.717, 1.165) is 19.3 Å². The minimum Gasteiger partial charge on any atom is -0.481 e. The topological polar surface area (TPSA) is 95.5 Å². The van der Waals surface area contributed by atoms with Gasteiger partial charge in [0.25, 0.3) is 0 Å². The summed E-state index contributed by atoms with van der Waals surface area (Å²) in [6, 6.07) is 0. The van der Waals surface area contributed by atoms with E-state index in [4.69, 9.17) is 0 Å². The zero-order valence-corrected chi connectivity index (χ0v) is 23.2. The van der Waals surface area contributed by atoms with E-state index in [2.05, 4.69) is 17.6 Å². The number of carbonyl (C=O) groups excluding carboxylic acids is 2. The lowest BCUT2D eigenvalue weighted by molar-refractivity contribution is -0.141. The lowest BCUT2D eigenvalue weighted by Gasteiger charge is -2.28. The molecule has 2 amide bonds. The molecule has 0 spiro atoms. The normalized spacial score (nSPS) is 13.8. The molecule has 0 heterocycles. The number of unbranched alkanes of at least 4 members (excludes halogenated alkanes) is 13. The highest BCUT2D eigenvalue weighted by Gasteiger charge is 2.29. The highest BCUT2D eigenvalue weighted by atomic mass is 32.2. The lowest BCUT2D eigenvalue weighted by atomic mass is 9.95. The van der Waals surface area contributed by atoms with Gasteiger partial charge in [0.2, 0.25) is 11.8 Å². The highest BCUT2D eigenvalue weighted by molar-refractivity contribution is 8.00. The Morgan fingerprint density at radius 1 is 0.853 bits per heavy atom. The number of hydrogen-bond donors (Lipinski definition) is 3. The van der Waals surface area contributed by atoms with Gasteiger partial charge in [-0.05, 0) is 19.6 Å². The fourth-order valence-electron chi connectivity index (χ4n) is 4.18. The first-order valence-corrected chi connectivity index (χ1v) is 14.8. The molecule has 0 radical (unpaired) electrons. The van der Waals surface area contributed by atoms with Crippen molar-refractivity contribution in [3.05, 3.63) is 0 Å². The van der Waals surface area contributed by atoms with E-state index in [1.165, 1.54) is 82.4 Å². The Morgan fingerprint density at radius 2 is 1.32 bits per heavy atom. The number of carbonyl (C=O) groups is 3. The molecule has 0 aromatic rings. The van der Waals surface area contributed by atoms with E-state index in [0.29, 0.717) is 19.4 Å². The van der Waals surface area contributed by atoms with E-state index >= 15 is 0 Å². The molecule has 0 aliphatic rings. The SMILES string of the molecule is CCCCCCCCCCCCCCCCC(CC(=O)O)C(=O)NCC(C)(CC(=O)NC)SC. The van der Waals surface area contributed by atoms with E-state index < -0.39 is 16.6 Å². The number of aliphatic carboxylic acids is 1. The molecule has 2 unspecified atom stereocenters. The van der Waals surface area contributed by atoms with Crippen LogP contribution in [-0.2, 0) is 14.4 Å². The van der Waals surface area contributed by atoms with Crippen molar-refractivity contribution in [2.24, 2.45) is 5.92 Å². The van der Waals surface area contributed by atoms with E-state index in [-0.39, 0.29) is 18.2 Å². The number of thioether (sulfide) groups is 1. The fraction of sp³-hybridized carbons (Fsp3) is 0.889. The number of carboxylic acid groups (broad SMARTS) is 1. The molecule has 3 N–H and O–H groups in total. The Kier molecular flexibility index (Phi) is 20.3. The predicted octanol–water partition coefficient (Wildman–Crippen LogP) is 6.32. The lowest BCUT2D eigenvalue weighted by Crippen LogP contribution is -2.43. The Bertz CT molecular complexity index is 559. The van der Waals surface area contributed by atoms with Crippen molar-refractivity contribution in [1.82, 2.24) is 10.6 Å². The first kappa shape index (κ1) is 32.8. The molecule has 0 aliphatic carbocycles. The van der Waals surface area contributed by atoms with Crippen LogP contribution >= 0.6 is 11.8 Å². The van der Waals surface area contributed by atoms with Gasteiger partial charge in [-0.15, -0.1) is 0 Å². The molecule has 7 heteroatoms. The number of carboxylic acids is 1. The quantitative estimate of drug-likeness (QED) is 0.143. The number of nitrogens with one attached hydrogen (secondary N) is 2. The first-order chi connectivity index (χ1) is 16.3. The molecular formula is C27H52N2O4S. The van der Waals surface area contributed by atoms with Gasteiger partial charge in [0.15, 0.2) is 0 Å². The third kappa shape index (κ3) is 18.1. The van der Waals surface area contributed by atoms with E-state index in [1.807, 2.05) is 13.2 Å². The van der Waals surface area contributed by atoms with Crippen molar-refractivity contribution < 1.29 is 19.5 Å². The third-order valence-corrected chi connectivity index (χ3v) is 7.91. The molecule has 34 heavy (non-hydrogen) atoms. The summed E-state index contributed by atoms with van der Waals surface area (Å²) in [4.78, 5) is 35.7. The van der Waals surface area contributed by atoms with Crippen LogP contribution in [0.2, 0.25) is 0 Å². The number of rotatable bonds is 23. The van der Waals surface area contributed by atoms with Crippen LogP contribution in [0.3, 0.4) is 0 Å². The molecule has 0 saturated carbocycles.